The highest BCUT2D eigenvalue weighted by atomic mass is 19.1. The first-order chi connectivity index (χ1) is 11.3. The Balaban J connectivity index is 1.75. The molecule has 0 fully saturated rings. The monoisotopic (exact) mass is 298 g/mol. The Morgan fingerprint density at radius 1 is 0.609 bits per heavy atom. The Morgan fingerprint density at radius 2 is 1.17 bits per heavy atom. The van der Waals surface area contributed by atoms with Crippen LogP contribution in [0.1, 0.15) is 11.1 Å². The molecule has 0 aliphatic heterocycles. The Hall–Kier alpha value is -2.93. The maximum absolute atomic E-state index is 14.6. The molecule has 0 unspecified atom stereocenters. The molecule has 0 spiro atoms. The zero-order chi connectivity index (χ0) is 15.6. The summed E-state index contributed by atoms with van der Waals surface area (Å²) < 4.78 is 14.6. The molecule has 23 heavy (non-hydrogen) atoms. The van der Waals surface area contributed by atoms with Gasteiger partial charge in [0, 0.05) is 5.56 Å². The van der Waals surface area contributed by atoms with E-state index in [-0.39, 0.29) is 5.83 Å². The number of rotatable bonds is 2. The molecule has 0 N–H and O–H groups in total. The molecule has 1 heteroatoms. The standard InChI is InChI=1S/C22H15F/c23-22(21-12-11-18-6-2-4-8-20(18)15-21)14-16-9-10-17-5-1-3-7-19(17)13-16/h1-15H/b22-14-. The molecule has 0 atom stereocenters. The van der Waals surface area contributed by atoms with Crippen molar-refractivity contribution in [3.8, 4) is 0 Å². The second-order valence-corrected chi connectivity index (χ2v) is 5.66. The zero-order valence-corrected chi connectivity index (χ0v) is 12.5. The van der Waals surface area contributed by atoms with Crippen LogP contribution in [0.5, 0.6) is 0 Å². The quantitative estimate of drug-likeness (QED) is 0.372. The first-order valence-corrected chi connectivity index (χ1v) is 7.65. The van der Waals surface area contributed by atoms with E-state index in [1.165, 1.54) is 0 Å². The maximum atomic E-state index is 14.6. The minimum atomic E-state index is -0.217. The summed E-state index contributed by atoms with van der Waals surface area (Å²) in [4.78, 5) is 0. The van der Waals surface area contributed by atoms with Crippen LogP contribution in [0, 0.1) is 0 Å². The van der Waals surface area contributed by atoms with E-state index in [1.54, 1.807) is 6.08 Å². The Morgan fingerprint density at radius 3 is 1.87 bits per heavy atom. The first-order valence-electron chi connectivity index (χ1n) is 7.65. The van der Waals surface area contributed by atoms with Crippen LogP contribution < -0.4 is 0 Å². The van der Waals surface area contributed by atoms with Crippen molar-refractivity contribution < 1.29 is 4.39 Å². The third kappa shape index (κ3) is 2.74. The van der Waals surface area contributed by atoms with Crippen molar-refractivity contribution in [3.05, 3.63) is 96.1 Å². The summed E-state index contributed by atoms with van der Waals surface area (Å²) in [6, 6.07) is 27.8. The minimum Gasteiger partial charge on any atom is -0.206 e. The second-order valence-electron chi connectivity index (χ2n) is 5.66. The van der Waals surface area contributed by atoms with E-state index in [4.69, 9.17) is 0 Å². The van der Waals surface area contributed by atoms with E-state index >= 15 is 0 Å². The third-order valence-corrected chi connectivity index (χ3v) is 4.09. The van der Waals surface area contributed by atoms with Gasteiger partial charge in [0.15, 0.2) is 0 Å². The van der Waals surface area contributed by atoms with E-state index in [9.17, 15) is 4.39 Å². The van der Waals surface area contributed by atoms with Gasteiger partial charge in [-0.3, -0.25) is 0 Å². The molecule has 0 amide bonds. The first kappa shape index (κ1) is 13.7. The van der Waals surface area contributed by atoms with Crippen LogP contribution in [-0.4, -0.2) is 0 Å². The van der Waals surface area contributed by atoms with Gasteiger partial charge >= 0.3 is 0 Å². The van der Waals surface area contributed by atoms with E-state index in [0.717, 1.165) is 27.1 Å². The third-order valence-electron chi connectivity index (χ3n) is 4.09. The van der Waals surface area contributed by atoms with E-state index < -0.39 is 0 Å². The van der Waals surface area contributed by atoms with Crippen molar-refractivity contribution in [2.75, 3.05) is 0 Å². The number of fused-ring (bicyclic) bond motifs is 2. The lowest BCUT2D eigenvalue weighted by Gasteiger charge is -2.03. The van der Waals surface area contributed by atoms with Crippen molar-refractivity contribution in [2.24, 2.45) is 0 Å². The van der Waals surface area contributed by atoms with Crippen molar-refractivity contribution in [3.63, 3.8) is 0 Å². The molecule has 0 saturated heterocycles. The molecule has 110 valence electrons. The average molecular weight is 298 g/mol. The highest BCUT2D eigenvalue weighted by molar-refractivity contribution is 5.90. The topological polar surface area (TPSA) is 0 Å². The fourth-order valence-corrected chi connectivity index (χ4v) is 2.87. The average Bonchev–Trinajstić information content (AvgIpc) is 2.61. The molecule has 0 heterocycles. The van der Waals surface area contributed by atoms with Crippen LogP contribution in [0.15, 0.2) is 84.9 Å². The molecular weight excluding hydrogens is 283 g/mol. The SMILES string of the molecule is F/C(=C\c1ccc2ccccc2c1)c1ccc2ccccc2c1. The summed E-state index contributed by atoms with van der Waals surface area (Å²) in [6.07, 6.45) is 1.59. The lowest BCUT2D eigenvalue weighted by atomic mass is 10.0. The maximum Gasteiger partial charge on any atom is 0.131 e. The van der Waals surface area contributed by atoms with Gasteiger partial charge in [-0.25, -0.2) is 4.39 Å². The van der Waals surface area contributed by atoms with E-state index in [1.807, 2.05) is 78.9 Å². The molecule has 0 bridgehead atoms. The Kier molecular flexibility index (Phi) is 3.39. The van der Waals surface area contributed by atoms with Crippen molar-refractivity contribution in [1.29, 1.82) is 0 Å². The summed E-state index contributed by atoms with van der Waals surface area (Å²) in [5, 5.41) is 4.45. The highest BCUT2D eigenvalue weighted by Gasteiger charge is 2.03. The van der Waals surface area contributed by atoms with Crippen LogP contribution in [0.4, 0.5) is 4.39 Å². The number of hydrogen-bond donors (Lipinski definition) is 0. The van der Waals surface area contributed by atoms with Gasteiger partial charge in [0.1, 0.15) is 5.83 Å². The molecule has 0 aliphatic rings. The molecule has 0 aliphatic carbocycles. The summed E-state index contributed by atoms with van der Waals surface area (Å²) in [7, 11) is 0. The van der Waals surface area contributed by atoms with Gasteiger partial charge in [0.25, 0.3) is 0 Å². The molecule has 0 radical (unpaired) electrons. The molecule has 0 saturated carbocycles. The summed E-state index contributed by atoms with van der Waals surface area (Å²) in [5.41, 5.74) is 1.48. The van der Waals surface area contributed by atoms with Gasteiger partial charge in [0.2, 0.25) is 0 Å². The van der Waals surface area contributed by atoms with Gasteiger partial charge in [-0.1, -0.05) is 72.8 Å². The van der Waals surface area contributed by atoms with Crippen molar-refractivity contribution in [2.45, 2.75) is 0 Å². The number of hydrogen-bond acceptors (Lipinski definition) is 0. The van der Waals surface area contributed by atoms with Gasteiger partial charge in [-0.05, 0) is 45.3 Å². The molecule has 0 nitrogen and oxygen atoms in total. The fourth-order valence-electron chi connectivity index (χ4n) is 2.87. The van der Waals surface area contributed by atoms with E-state index in [0.29, 0.717) is 5.56 Å². The lowest BCUT2D eigenvalue weighted by molar-refractivity contribution is 0.765. The Bertz CT molecular complexity index is 1030. The van der Waals surface area contributed by atoms with E-state index in [2.05, 4.69) is 6.07 Å². The highest BCUT2D eigenvalue weighted by Crippen LogP contribution is 2.25. The van der Waals surface area contributed by atoms with Crippen molar-refractivity contribution >= 4 is 33.4 Å². The van der Waals surface area contributed by atoms with Crippen LogP contribution in [0.3, 0.4) is 0 Å². The predicted molar refractivity (Wildman–Crippen MR) is 96.9 cm³/mol. The normalized spacial score (nSPS) is 12.0. The number of halogens is 1. The smallest absolute Gasteiger partial charge is 0.131 e. The fraction of sp³-hybridized carbons (Fsp3) is 0. The van der Waals surface area contributed by atoms with Crippen LogP contribution in [0.25, 0.3) is 33.4 Å². The predicted octanol–water partition coefficient (Wildman–Crippen LogP) is 6.46. The van der Waals surface area contributed by atoms with Crippen molar-refractivity contribution in [1.82, 2.24) is 0 Å². The zero-order valence-electron chi connectivity index (χ0n) is 12.5. The molecule has 0 aromatic heterocycles. The minimum absolute atomic E-state index is 0.217. The van der Waals surface area contributed by atoms with Crippen LogP contribution >= 0.6 is 0 Å². The summed E-state index contributed by atoms with van der Waals surface area (Å²) >= 11 is 0. The molecule has 4 aromatic carbocycles. The summed E-state index contributed by atoms with van der Waals surface area (Å²) in [5.74, 6) is -0.217. The Labute approximate surface area is 134 Å². The molecule has 4 aromatic rings. The van der Waals surface area contributed by atoms with Gasteiger partial charge in [0.05, 0.1) is 0 Å². The van der Waals surface area contributed by atoms with Gasteiger partial charge in [-0.15, -0.1) is 0 Å². The van der Waals surface area contributed by atoms with Crippen LogP contribution in [-0.2, 0) is 0 Å². The number of benzene rings is 4. The molecule has 4 rings (SSSR count). The second kappa shape index (κ2) is 5.69. The summed E-state index contributed by atoms with van der Waals surface area (Å²) in [6.45, 7) is 0. The largest absolute Gasteiger partial charge is 0.206 e. The van der Waals surface area contributed by atoms with Gasteiger partial charge in [-0.2, -0.15) is 0 Å². The van der Waals surface area contributed by atoms with Gasteiger partial charge < -0.3 is 0 Å². The van der Waals surface area contributed by atoms with Crippen LogP contribution in [0.2, 0.25) is 0 Å². The molecular formula is C22H15F. The lowest BCUT2D eigenvalue weighted by Crippen LogP contribution is -1.81.